The third-order valence-electron chi connectivity index (χ3n) is 5.63. The number of oxazole rings is 1. The average molecular weight is 426 g/mol. The van der Waals surface area contributed by atoms with Gasteiger partial charge in [-0.05, 0) is 23.8 Å². The number of aromatic nitrogens is 7. The van der Waals surface area contributed by atoms with E-state index in [1.807, 2.05) is 30.3 Å². The fourth-order valence-corrected chi connectivity index (χ4v) is 4.10. The van der Waals surface area contributed by atoms with Gasteiger partial charge in [-0.25, -0.2) is 9.67 Å². The second-order valence-corrected chi connectivity index (χ2v) is 7.67. The molecule has 0 aliphatic carbocycles. The largest absolute Gasteiger partial charge is 0.438 e. The summed E-state index contributed by atoms with van der Waals surface area (Å²) < 4.78 is 9.19. The van der Waals surface area contributed by atoms with Crippen LogP contribution in [-0.2, 0) is 20.0 Å². The second kappa shape index (κ2) is 6.77. The van der Waals surface area contributed by atoms with Crippen molar-refractivity contribution >= 4 is 38.9 Å². The molecule has 0 spiro atoms. The molecule has 0 fully saturated rings. The molecule has 10 nitrogen and oxygen atoms in total. The van der Waals surface area contributed by atoms with Gasteiger partial charge in [-0.15, -0.1) is 0 Å². The fourth-order valence-electron chi connectivity index (χ4n) is 4.10. The normalized spacial score (nSPS) is 11.8. The van der Waals surface area contributed by atoms with Gasteiger partial charge in [0.1, 0.15) is 11.3 Å². The first-order valence-electron chi connectivity index (χ1n) is 10.0. The Bertz CT molecular complexity index is 1690. The Hall–Kier alpha value is -4.47. The lowest BCUT2D eigenvalue weighted by Gasteiger charge is -2.06. The highest BCUT2D eigenvalue weighted by molar-refractivity contribution is 6.02. The van der Waals surface area contributed by atoms with E-state index < -0.39 is 0 Å². The molecule has 10 heteroatoms. The number of nitrogens with zero attached hydrogens (tertiary/aromatic N) is 6. The van der Waals surface area contributed by atoms with Crippen LogP contribution in [-0.4, -0.2) is 34.5 Å². The number of benzene rings is 1. The summed E-state index contributed by atoms with van der Waals surface area (Å²) in [6.07, 6.45) is 3.81. The third-order valence-corrected chi connectivity index (χ3v) is 5.63. The summed E-state index contributed by atoms with van der Waals surface area (Å²) >= 11 is 0. The van der Waals surface area contributed by atoms with Crippen molar-refractivity contribution in [3.8, 4) is 0 Å². The van der Waals surface area contributed by atoms with Crippen LogP contribution in [0.5, 0.6) is 0 Å². The Morgan fingerprint density at radius 3 is 2.84 bits per heavy atom. The van der Waals surface area contributed by atoms with Crippen LogP contribution in [0.4, 0.5) is 5.82 Å². The van der Waals surface area contributed by atoms with Gasteiger partial charge in [-0.1, -0.05) is 18.2 Å². The van der Waals surface area contributed by atoms with Gasteiger partial charge < -0.3 is 14.7 Å². The summed E-state index contributed by atoms with van der Waals surface area (Å²) in [5.41, 5.74) is 9.80. The summed E-state index contributed by atoms with van der Waals surface area (Å²) in [7, 11) is 1.80. The minimum atomic E-state index is -0.210. The molecule has 0 aliphatic rings. The van der Waals surface area contributed by atoms with Crippen LogP contribution >= 0.6 is 0 Å². The highest BCUT2D eigenvalue weighted by Gasteiger charge is 2.20. The molecule has 5 aromatic heterocycles. The number of nitrogens with two attached hydrogens (primary N) is 1. The van der Waals surface area contributed by atoms with Gasteiger partial charge in [0.15, 0.2) is 11.2 Å². The standard InChI is InChI=1S/C22H18N8O2/c1-29-19-15(20-21(29)27-18(32-20)8-13-5-3-7-17(23)26-13)10-25-30(22(19)31)11-12-4-2-6-16-14(12)9-24-28-16/h2-7,9-10H,8,11H2,1H3,(H2,23,26)(H,24,28). The fraction of sp³-hybridized carbons (Fsp3) is 0.136. The minimum absolute atomic E-state index is 0.210. The van der Waals surface area contributed by atoms with Crippen LogP contribution < -0.4 is 11.3 Å². The molecule has 0 saturated heterocycles. The van der Waals surface area contributed by atoms with Crippen molar-refractivity contribution in [3.63, 3.8) is 0 Å². The molecule has 0 atom stereocenters. The SMILES string of the molecule is Cn1c2nc(Cc3cccc(N)n3)oc2c2cnn(Cc3cccc4[nH]ncc34)c(=O)c21. The molecule has 6 rings (SSSR count). The molecular weight excluding hydrogens is 408 g/mol. The van der Waals surface area contributed by atoms with Gasteiger partial charge in [-0.3, -0.25) is 9.89 Å². The van der Waals surface area contributed by atoms with E-state index in [2.05, 4.69) is 25.3 Å². The Labute approximate surface area is 180 Å². The number of anilines is 1. The molecule has 0 amide bonds. The minimum Gasteiger partial charge on any atom is -0.438 e. The summed E-state index contributed by atoms with van der Waals surface area (Å²) in [5.74, 6) is 0.946. The Morgan fingerprint density at radius 2 is 1.97 bits per heavy atom. The number of aryl methyl sites for hydroxylation is 1. The smallest absolute Gasteiger partial charge is 0.291 e. The lowest BCUT2D eigenvalue weighted by molar-refractivity contribution is 0.544. The van der Waals surface area contributed by atoms with Gasteiger partial charge in [0.05, 0.1) is 42.0 Å². The maximum atomic E-state index is 13.3. The zero-order chi connectivity index (χ0) is 21.8. The number of fused-ring (bicyclic) bond motifs is 4. The van der Waals surface area contributed by atoms with E-state index in [1.54, 1.807) is 30.1 Å². The van der Waals surface area contributed by atoms with Crippen molar-refractivity contribution in [2.45, 2.75) is 13.0 Å². The number of hydrogen-bond acceptors (Lipinski definition) is 7. The topological polar surface area (TPSA) is 133 Å². The highest BCUT2D eigenvalue weighted by Crippen LogP contribution is 2.27. The Balaban J connectivity index is 1.42. The Morgan fingerprint density at radius 1 is 1.09 bits per heavy atom. The zero-order valence-electron chi connectivity index (χ0n) is 17.1. The first kappa shape index (κ1) is 18.3. The number of rotatable bonds is 4. The van der Waals surface area contributed by atoms with Crippen molar-refractivity contribution < 1.29 is 4.42 Å². The molecule has 3 N–H and O–H groups in total. The summed E-state index contributed by atoms with van der Waals surface area (Å²) in [6, 6.07) is 11.3. The number of aromatic amines is 1. The van der Waals surface area contributed by atoms with Crippen LogP contribution in [0.1, 0.15) is 17.1 Å². The molecule has 158 valence electrons. The van der Waals surface area contributed by atoms with Crippen molar-refractivity contribution in [1.29, 1.82) is 0 Å². The predicted octanol–water partition coefficient (Wildman–Crippen LogP) is 2.37. The molecule has 0 aliphatic heterocycles. The zero-order valence-corrected chi connectivity index (χ0v) is 17.1. The maximum Gasteiger partial charge on any atom is 0.291 e. The Kier molecular flexibility index (Phi) is 3.88. The van der Waals surface area contributed by atoms with Crippen molar-refractivity contribution in [3.05, 3.63) is 76.3 Å². The van der Waals surface area contributed by atoms with Crippen molar-refractivity contribution in [1.82, 2.24) is 34.5 Å². The monoisotopic (exact) mass is 426 g/mol. The molecule has 0 radical (unpaired) electrons. The molecule has 5 heterocycles. The van der Waals surface area contributed by atoms with Crippen LogP contribution in [0.2, 0.25) is 0 Å². The molecule has 1 aromatic carbocycles. The molecule has 0 saturated carbocycles. The van der Waals surface area contributed by atoms with E-state index in [-0.39, 0.29) is 5.56 Å². The van der Waals surface area contributed by atoms with Crippen LogP contribution in [0.25, 0.3) is 33.0 Å². The molecular formula is C22H18N8O2. The molecule has 6 aromatic rings. The first-order valence-corrected chi connectivity index (χ1v) is 10.0. The number of nitrogens with one attached hydrogen (secondary N) is 1. The maximum absolute atomic E-state index is 13.3. The quantitative estimate of drug-likeness (QED) is 0.442. The summed E-state index contributed by atoms with van der Waals surface area (Å²) in [6.45, 7) is 0.331. The van der Waals surface area contributed by atoms with Gasteiger partial charge in [0.25, 0.3) is 5.56 Å². The molecule has 0 unspecified atom stereocenters. The van der Waals surface area contributed by atoms with Gasteiger partial charge in [0.2, 0.25) is 5.89 Å². The van der Waals surface area contributed by atoms with Gasteiger partial charge in [-0.2, -0.15) is 15.2 Å². The third kappa shape index (κ3) is 2.77. The van der Waals surface area contributed by atoms with E-state index in [4.69, 9.17) is 10.2 Å². The van der Waals surface area contributed by atoms with E-state index in [0.29, 0.717) is 46.8 Å². The van der Waals surface area contributed by atoms with E-state index >= 15 is 0 Å². The summed E-state index contributed by atoms with van der Waals surface area (Å²) in [4.78, 5) is 22.2. The average Bonchev–Trinajstić information content (AvgIpc) is 3.47. The molecule has 32 heavy (non-hydrogen) atoms. The first-order chi connectivity index (χ1) is 15.6. The van der Waals surface area contributed by atoms with Crippen LogP contribution in [0, 0.1) is 0 Å². The van der Waals surface area contributed by atoms with Crippen LogP contribution in [0.3, 0.4) is 0 Å². The van der Waals surface area contributed by atoms with Crippen molar-refractivity contribution in [2.24, 2.45) is 7.05 Å². The van der Waals surface area contributed by atoms with E-state index in [9.17, 15) is 4.79 Å². The number of H-pyrrole nitrogens is 1. The highest BCUT2D eigenvalue weighted by atomic mass is 16.3. The molecule has 0 bridgehead atoms. The number of hydrogen-bond donors (Lipinski definition) is 2. The van der Waals surface area contributed by atoms with Gasteiger partial charge >= 0.3 is 0 Å². The van der Waals surface area contributed by atoms with Crippen LogP contribution in [0.15, 0.2) is 58.0 Å². The summed E-state index contributed by atoms with van der Waals surface area (Å²) in [5, 5.41) is 13.0. The predicted molar refractivity (Wildman–Crippen MR) is 119 cm³/mol. The second-order valence-electron chi connectivity index (χ2n) is 7.67. The van der Waals surface area contributed by atoms with Crippen molar-refractivity contribution in [2.75, 3.05) is 5.73 Å². The number of nitrogen functional groups attached to an aromatic ring is 1. The van der Waals surface area contributed by atoms with E-state index in [0.717, 1.165) is 22.2 Å². The lowest BCUT2D eigenvalue weighted by Crippen LogP contribution is -2.24. The van der Waals surface area contributed by atoms with E-state index in [1.165, 1.54) is 4.68 Å². The lowest BCUT2D eigenvalue weighted by atomic mass is 10.1. The van der Waals surface area contributed by atoms with Gasteiger partial charge in [0, 0.05) is 12.4 Å². The number of pyridine rings is 1.